The highest BCUT2D eigenvalue weighted by molar-refractivity contribution is 7.12. The number of thiophene rings is 1. The minimum absolute atomic E-state index is 0.0365. The lowest BCUT2D eigenvalue weighted by Gasteiger charge is -2.12. The standard InChI is InChI=1S/C30H26N4O4S/c1-34(2)24-14-10-21(11-15-24)19-26(32-28(35)23-7-4-3-5-8-23)29(36)33-31-20-22-12-16-25(17-13-22)38-30(37)27-9-6-18-39-27/h3-20H,1-2H3,(H,32,35)(H,33,36). The summed E-state index contributed by atoms with van der Waals surface area (Å²) in [5.74, 6) is -1.04. The Morgan fingerprint density at radius 2 is 1.54 bits per heavy atom. The summed E-state index contributed by atoms with van der Waals surface area (Å²) in [5, 5.41) is 8.51. The Morgan fingerprint density at radius 3 is 2.18 bits per heavy atom. The first-order valence-corrected chi connectivity index (χ1v) is 12.8. The molecule has 2 amide bonds. The van der Waals surface area contributed by atoms with Gasteiger partial charge in [0.1, 0.15) is 16.3 Å². The summed E-state index contributed by atoms with van der Waals surface area (Å²) in [5.41, 5.74) is 5.32. The Bertz CT molecular complexity index is 1480. The van der Waals surface area contributed by atoms with Gasteiger partial charge in [0.25, 0.3) is 11.8 Å². The lowest BCUT2D eigenvalue weighted by atomic mass is 10.1. The summed E-state index contributed by atoms with van der Waals surface area (Å²) in [6, 6.07) is 26.3. The van der Waals surface area contributed by atoms with Gasteiger partial charge in [0.05, 0.1) is 6.21 Å². The number of hydrogen-bond acceptors (Lipinski definition) is 7. The Balaban J connectivity index is 1.44. The molecular formula is C30H26N4O4S. The van der Waals surface area contributed by atoms with Crippen molar-refractivity contribution in [3.63, 3.8) is 0 Å². The van der Waals surface area contributed by atoms with Gasteiger partial charge in [0.15, 0.2) is 0 Å². The summed E-state index contributed by atoms with van der Waals surface area (Å²) >= 11 is 1.31. The number of esters is 1. The number of hydrazone groups is 1. The van der Waals surface area contributed by atoms with Gasteiger partial charge in [-0.25, -0.2) is 10.2 Å². The molecule has 1 aromatic heterocycles. The molecule has 0 unspecified atom stereocenters. The maximum atomic E-state index is 13.0. The number of nitrogens with zero attached hydrogens (tertiary/aromatic N) is 2. The van der Waals surface area contributed by atoms with E-state index in [1.165, 1.54) is 17.6 Å². The highest BCUT2D eigenvalue weighted by Crippen LogP contribution is 2.17. The average Bonchev–Trinajstić information content (AvgIpc) is 3.50. The van der Waals surface area contributed by atoms with Crippen molar-refractivity contribution in [1.29, 1.82) is 0 Å². The largest absolute Gasteiger partial charge is 0.422 e. The molecule has 0 aliphatic carbocycles. The van der Waals surface area contributed by atoms with Crippen molar-refractivity contribution in [2.75, 3.05) is 19.0 Å². The summed E-state index contributed by atoms with van der Waals surface area (Å²) in [7, 11) is 3.88. The monoisotopic (exact) mass is 538 g/mol. The number of amides is 2. The van der Waals surface area contributed by atoms with Crippen molar-refractivity contribution in [2.45, 2.75) is 0 Å². The molecule has 196 valence electrons. The fourth-order valence-corrected chi connectivity index (χ4v) is 3.98. The number of rotatable bonds is 9. The van der Waals surface area contributed by atoms with E-state index in [0.717, 1.165) is 11.3 Å². The Labute approximate surface area is 230 Å². The van der Waals surface area contributed by atoms with Gasteiger partial charge in [0, 0.05) is 25.3 Å². The van der Waals surface area contributed by atoms with Crippen LogP contribution in [0.1, 0.15) is 31.2 Å². The fraction of sp³-hybridized carbons (Fsp3) is 0.0667. The summed E-state index contributed by atoms with van der Waals surface area (Å²) in [6.45, 7) is 0. The molecule has 0 atom stereocenters. The van der Waals surface area contributed by atoms with E-state index in [4.69, 9.17) is 4.74 Å². The summed E-state index contributed by atoms with van der Waals surface area (Å²) in [6.07, 6.45) is 3.03. The van der Waals surface area contributed by atoms with Crippen molar-refractivity contribution in [3.8, 4) is 5.75 Å². The molecule has 0 aliphatic rings. The van der Waals surface area contributed by atoms with Gasteiger partial charge in [-0.05, 0) is 77.2 Å². The minimum atomic E-state index is -0.589. The van der Waals surface area contributed by atoms with Gasteiger partial charge in [-0.2, -0.15) is 5.10 Å². The minimum Gasteiger partial charge on any atom is -0.422 e. The highest BCUT2D eigenvalue weighted by atomic mass is 32.1. The molecule has 2 N–H and O–H groups in total. The molecule has 8 nitrogen and oxygen atoms in total. The van der Waals surface area contributed by atoms with E-state index in [0.29, 0.717) is 21.8 Å². The predicted octanol–water partition coefficient (Wildman–Crippen LogP) is 4.95. The predicted molar refractivity (Wildman–Crippen MR) is 154 cm³/mol. The number of carbonyl (C=O) groups excluding carboxylic acids is 3. The number of anilines is 1. The van der Waals surface area contributed by atoms with Crippen LogP contribution in [0.4, 0.5) is 5.69 Å². The van der Waals surface area contributed by atoms with Crippen molar-refractivity contribution in [3.05, 3.63) is 124 Å². The summed E-state index contributed by atoms with van der Waals surface area (Å²) < 4.78 is 5.35. The van der Waals surface area contributed by atoms with E-state index >= 15 is 0 Å². The van der Waals surface area contributed by atoms with E-state index in [-0.39, 0.29) is 5.70 Å². The number of ether oxygens (including phenoxy) is 1. The molecule has 0 aliphatic heterocycles. The molecule has 0 radical (unpaired) electrons. The fourth-order valence-electron chi connectivity index (χ4n) is 3.38. The molecule has 4 rings (SSSR count). The smallest absolute Gasteiger partial charge is 0.353 e. The van der Waals surface area contributed by atoms with Crippen LogP contribution in [0.25, 0.3) is 6.08 Å². The topological polar surface area (TPSA) is 100 Å². The molecule has 39 heavy (non-hydrogen) atoms. The lowest BCUT2D eigenvalue weighted by molar-refractivity contribution is -0.117. The Morgan fingerprint density at radius 1 is 0.846 bits per heavy atom. The Hall–Kier alpha value is -5.02. The van der Waals surface area contributed by atoms with Crippen LogP contribution < -0.4 is 20.4 Å². The SMILES string of the molecule is CN(C)c1ccc(C=C(NC(=O)c2ccccc2)C(=O)NN=Cc2ccc(OC(=O)c3cccs3)cc2)cc1. The van der Waals surface area contributed by atoms with E-state index in [9.17, 15) is 14.4 Å². The molecule has 9 heteroatoms. The van der Waals surface area contributed by atoms with Gasteiger partial charge in [-0.15, -0.1) is 11.3 Å². The molecule has 0 saturated carbocycles. The second kappa shape index (κ2) is 13.0. The first kappa shape index (κ1) is 27.0. The van der Waals surface area contributed by atoms with Crippen molar-refractivity contribution in [1.82, 2.24) is 10.7 Å². The molecule has 3 aromatic carbocycles. The van der Waals surface area contributed by atoms with Crippen molar-refractivity contribution in [2.24, 2.45) is 5.10 Å². The van der Waals surface area contributed by atoms with Crippen LogP contribution in [0.5, 0.6) is 5.75 Å². The quantitative estimate of drug-likeness (QED) is 0.103. The van der Waals surface area contributed by atoms with Crippen molar-refractivity contribution >= 4 is 47.1 Å². The average molecular weight is 539 g/mol. The summed E-state index contributed by atoms with van der Waals surface area (Å²) in [4.78, 5) is 40.3. The molecule has 0 spiro atoms. The van der Waals surface area contributed by atoms with Crippen LogP contribution in [0.2, 0.25) is 0 Å². The first-order chi connectivity index (χ1) is 18.9. The molecule has 0 fully saturated rings. The number of nitrogens with one attached hydrogen (secondary N) is 2. The molecule has 1 heterocycles. The van der Waals surface area contributed by atoms with Crippen LogP contribution in [-0.2, 0) is 4.79 Å². The maximum Gasteiger partial charge on any atom is 0.353 e. The second-order valence-corrected chi connectivity index (χ2v) is 9.45. The van der Waals surface area contributed by atoms with Crippen molar-refractivity contribution < 1.29 is 19.1 Å². The molecule has 0 saturated heterocycles. The normalized spacial score (nSPS) is 11.2. The molecule has 0 bridgehead atoms. The Kier molecular flexibility index (Phi) is 8.99. The lowest BCUT2D eigenvalue weighted by Crippen LogP contribution is -2.32. The van der Waals surface area contributed by atoms with Gasteiger partial charge < -0.3 is 15.0 Å². The van der Waals surface area contributed by atoms with Gasteiger partial charge in [-0.1, -0.05) is 36.4 Å². The van der Waals surface area contributed by atoms with Gasteiger partial charge >= 0.3 is 5.97 Å². The van der Waals surface area contributed by atoms with Crippen LogP contribution in [0, 0.1) is 0 Å². The van der Waals surface area contributed by atoms with E-state index in [1.807, 2.05) is 49.3 Å². The zero-order chi connectivity index (χ0) is 27.6. The van der Waals surface area contributed by atoms with E-state index < -0.39 is 17.8 Å². The zero-order valence-corrected chi connectivity index (χ0v) is 22.1. The second-order valence-electron chi connectivity index (χ2n) is 8.50. The third kappa shape index (κ3) is 7.73. The maximum absolute atomic E-state index is 13.0. The van der Waals surface area contributed by atoms with Gasteiger partial charge in [-0.3, -0.25) is 9.59 Å². The third-order valence-electron chi connectivity index (χ3n) is 5.44. The number of benzene rings is 3. The van der Waals surface area contributed by atoms with Gasteiger partial charge in [0.2, 0.25) is 0 Å². The zero-order valence-electron chi connectivity index (χ0n) is 21.3. The number of carbonyl (C=O) groups is 3. The third-order valence-corrected chi connectivity index (χ3v) is 6.29. The molecular weight excluding hydrogens is 512 g/mol. The first-order valence-electron chi connectivity index (χ1n) is 11.9. The van der Waals surface area contributed by atoms with E-state index in [1.54, 1.807) is 72.1 Å². The van der Waals surface area contributed by atoms with Crippen LogP contribution in [-0.4, -0.2) is 38.1 Å². The van der Waals surface area contributed by atoms with Crippen LogP contribution in [0.3, 0.4) is 0 Å². The highest BCUT2D eigenvalue weighted by Gasteiger charge is 2.14. The van der Waals surface area contributed by atoms with Crippen LogP contribution in [0.15, 0.2) is 107 Å². The van der Waals surface area contributed by atoms with Crippen LogP contribution >= 0.6 is 11.3 Å². The van der Waals surface area contributed by atoms with E-state index in [2.05, 4.69) is 15.8 Å². The number of hydrogen-bond donors (Lipinski definition) is 2. The molecule has 4 aromatic rings.